The Morgan fingerprint density at radius 2 is 2.00 bits per heavy atom. The highest BCUT2D eigenvalue weighted by Crippen LogP contribution is 2.23. The number of hydrogen-bond acceptors (Lipinski definition) is 2. The number of imidazole rings is 1. The lowest BCUT2D eigenvalue weighted by Gasteiger charge is -2.10. The van der Waals surface area contributed by atoms with Crippen molar-refractivity contribution in [2.24, 2.45) is 0 Å². The summed E-state index contributed by atoms with van der Waals surface area (Å²) in [6.07, 6.45) is 0. The zero-order chi connectivity index (χ0) is 10.9. The Morgan fingerprint density at radius 3 is 2.67 bits per heavy atom. The molecule has 15 heavy (non-hydrogen) atoms. The molecule has 0 saturated heterocycles. The molecule has 0 fully saturated rings. The molecule has 2 nitrogen and oxygen atoms in total. The van der Waals surface area contributed by atoms with E-state index in [-0.39, 0.29) is 0 Å². The second-order valence-corrected chi connectivity index (χ2v) is 4.09. The molecule has 0 aliphatic rings. The number of para-hydroxylation sites is 2. The number of rotatable bonds is 3. The van der Waals surface area contributed by atoms with Gasteiger partial charge >= 0.3 is 6.98 Å². The molecule has 0 amide bonds. The van der Waals surface area contributed by atoms with Crippen LogP contribution in [0.1, 0.15) is 0 Å². The quantitative estimate of drug-likeness (QED) is 0.649. The molecule has 1 aromatic heterocycles. The maximum Gasteiger partial charge on any atom is 0.488 e. The molecule has 0 aliphatic heterocycles. The zero-order valence-corrected chi connectivity index (χ0v) is 8.40. The number of fused-ring (bicyclic) bond motifs is 1. The number of thioether (sulfide) groups is 1. The van der Waals surface area contributed by atoms with Gasteiger partial charge in [0.1, 0.15) is 0 Å². The van der Waals surface area contributed by atoms with Crippen LogP contribution in [-0.2, 0) is 0 Å². The number of halogens is 3. The standard InChI is InChI=1S/C8H7BF3N2S/c10-9(11,12)5-15-8-13-6-3-1-2-4-7(6)14-8/h1-4H,5H2,(H,13,14)/q-1. The largest absolute Gasteiger partial charge is 0.488 e. The number of aromatic amines is 1. The third kappa shape index (κ3) is 2.68. The van der Waals surface area contributed by atoms with Crippen molar-refractivity contribution in [3.8, 4) is 0 Å². The first-order valence-corrected chi connectivity index (χ1v) is 5.32. The van der Waals surface area contributed by atoms with Crippen molar-refractivity contribution >= 4 is 29.8 Å². The minimum Gasteiger partial charge on any atom is -0.448 e. The molecule has 0 bridgehead atoms. The zero-order valence-electron chi connectivity index (χ0n) is 7.58. The Hall–Kier alpha value is -1.11. The van der Waals surface area contributed by atoms with E-state index in [9.17, 15) is 12.9 Å². The highest BCUT2D eigenvalue weighted by Gasteiger charge is 2.23. The van der Waals surface area contributed by atoms with E-state index < -0.39 is 12.6 Å². The lowest BCUT2D eigenvalue weighted by molar-refractivity contribution is 0.485. The van der Waals surface area contributed by atoms with Crippen molar-refractivity contribution in [3.63, 3.8) is 0 Å². The molecule has 1 aromatic carbocycles. The topological polar surface area (TPSA) is 28.7 Å². The van der Waals surface area contributed by atoms with Gasteiger partial charge in [0.25, 0.3) is 0 Å². The van der Waals surface area contributed by atoms with E-state index in [2.05, 4.69) is 9.97 Å². The Bertz CT molecular complexity index is 435. The van der Waals surface area contributed by atoms with Gasteiger partial charge in [0.15, 0.2) is 5.16 Å². The SMILES string of the molecule is F[B-](F)(F)CSc1nc2ccccc2[nH]1. The summed E-state index contributed by atoms with van der Waals surface area (Å²) in [6, 6.07) is 7.15. The third-order valence-corrected chi connectivity index (χ3v) is 2.79. The van der Waals surface area contributed by atoms with Crippen LogP contribution in [0.5, 0.6) is 0 Å². The molecule has 0 unspecified atom stereocenters. The van der Waals surface area contributed by atoms with Gasteiger partial charge in [-0.05, 0) is 17.8 Å². The minimum absolute atomic E-state index is 0.315. The molecule has 1 heterocycles. The predicted octanol–water partition coefficient (Wildman–Crippen LogP) is 3.04. The highest BCUT2D eigenvalue weighted by molar-refractivity contribution is 8.00. The summed E-state index contributed by atoms with van der Waals surface area (Å²) in [5.74, 6) is 0. The van der Waals surface area contributed by atoms with Gasteiger partial charge in [0.2, 0.25) is 0 Å². The lowest BCUT2D eigenvalue weighted by atomic mass is 9.98. The number of hydrogen-bond donors (Lipinski definition) is 1. The molecule has 7 heteroatoms. The van der Waals surface area contributed by atoms with E-state index >= 15 is 0 Å². The van der Waals surface area contributed by atoms with Crippen LogP contribution in [0.3, 0.4) is 0 Å². The molecule has 0 saturated carbocycles. The van der Waals surface area contributed by atoms with Crippen LogP contribution in [0.25, 0.3) is 11.0 Å². The summed E-state index contributed by atoms with van der Waals surface area (Å²) in [6.45, 7) is -4.76. The first kappa shape index (κ1) is 10.4. The number of nitrogens with zero attached hydrogens (tertiary/aromatic N) is 1. The average Bonchev–Trinajstić information content (AvgIpc) is 2.56. The highest BCUT2D eigenvalue weighted by atomic mass is 32.2. The first-order valence-electron chi connectivity index (χ1n) is 4.33. The second-order valence-electron chi connectivity index (χ2n) is 3.08. The van der Waals surface area contributed by atoms with Crippen molar-refractivity contribution in [1.29, 1.82) is 0 Å². The molecular weight excluding hydrogens is 224 g/mol. The Balaban J connectivity index is 2.16. The van der Waals surface area contributed by atoms with E-state index in [0.29, 0.717) is 22.4 Å². The molecule has 2 aromatic rings. The van der Waals surface area contributed by atoms with E-state index in [4.69, 9.17) is 0 Å². The first-order chi connectivity index (χ1) is 7.04. The van der Waals surface area contributed by atoms with Gasteiger partial charge in [-0.2, -0.15) is 0 Å². The second kappa shape index (κ2) is 3.81. The monoisotopic (exact) mass is 231 g/mol. The number of H-pyrrole nitrogens is 1. The maximum absolute atomic E-state index is 12.0. The van der Waals surface area contributed by atoms with Crippen LogP contribution in [0.2, 0.25) is 0 Å². The number of aromatic nitrogens is 2. The van der Waals surface area contributed by atoms with E-state index in [0.717, 1.165) is 5.52 Å². The van der Waals surface area contributed by atoms with Crippen LogP contribution in [0.4, 0.5) is 12.9 Å². The van der Waals surface area contributed by atoms with Crippen LogP contribution < -0.4 is 0 Å². The molecule has 0 spiro atoms. The maximum atomic E-state index is 12.0. The lowest BCUT2D eigenvalue weighted by Crippen LogP contribution is -2.19. The Kier molecular flexibility index (Phi) is 2.64. The van der Waals surface area contributed by atoms with Gasteiger partial charge in [0.05, 0.1) is 11.0 Å². The summed E-state index contributed by atoms with van der Waals surface area (Å²) in [5, 5.41) is 0.315. The summed E-state index contributed by atoms with van der Waals surface area (Å²) < 4.78 is 36.0. The van der Waals surface area contributed by atoms with Gasteiger partial charge in [0, 0.05) is 0 Å². The Morgan fingerprint density at radius 1 is 1.27 bits per heavy atom. The predicted molar refractivity (Wildman–Crippen MR) is 55.9 cm³/mol. The van der Waals surface area contributed by atoms with Crippen molar-refractivity contribution in [2.45, 2.75) is 5.16 Å². The van der Waals surface area contributed by atoms with Crippen LogP contribution in [-0.4, -0.2) is 22.6 Å². The van der Waals surface area contributed by atoms with Gasteiger partial charge < -0.3 is 17.9 Å². The summed E-state index contributed by atoms with van der Waals surface area (Å²) >= 11 is 0.689. The summed E-state index contributed by atoms with van der Waals surface area (Å²) in [4.78, 5) is 6.86. The van der Waals surface area contributed by atoms with Gasteiger partial charge in [-0.15, -0.1) is 11.8 Å². The van der Waals surface area contributed by atoms with Gasteiger partial charge in [-0.3, -0.25) is 0 Å². The summed E-state index contributed by atoms with van der Waals surface area (Å²) in [7, 11) is 0. The van der Waals surface area contributed by atoms with Crippen molar-refractivity contribution in [1.82, 2.24) is 9.97 Å². The normalized spacial score (nSPS) is 12.2. The third-order valence-electron chi connectivity index (χ3n) is 1.78. The van der Waals surface area contributed by atoms with Crippen LogP contribution in [0.15, 0.2) is 29.4 Å². The van der Waals surface area contributed by atoms with Crippen LogP contribution in [0, 0.1) is 0 Å². The molecule has 0 aliphatic carbocycles. The van der Waals surface area contributed by atoms with E-state index in [1.54, 1.807) is 18.2 Å². The number of nitrogens with one attached hydrogen (secondary N) is 1. The smallest absolute Gasteiger partial charge is 0.448 e. The van der Waals surface area contributed by atoms with Gasteiger partial charge in [-0.1, -0.05) is 12.1 Å². The minimum atomic E-state index is -4.76. The van der Waals surface area contributed by atoms with Crippen molar-refractivity contribution in [3.05, 3.63) is 24.3 Å². The van der Waals surface area contributed by atoms with E-state index in [1.165, 1.54) is 0 Å². The summed E-state index contributed by atoms with van der Waals surface area (Å²) in [5.41, 5.74) is 0.587. The fourth-order valence-electron chi connectivity index (χ4n) is 1.17. The molecule has 80 valence electrons. The average molecular weight is 231 g/mol. The van der Waals surface area contributed by atoms with Crippen LogP contribution >= 0.6 is 11.8 Å². The Labute approximate surface area is 88.3 Å². The molecule has 1 N–H and O–H groups in total. The molecule has 2 rings (SSSR count). The number of benzene rings is 1. The molecule has 0 atom stereocenters. The van der Waals surface area contributed by atoms with Gasteiger partial charge in [-0.25, -0.2) is 4.98 Å². The fraction of sp³-hybridized carbons (Fsp3) is 0.125. The van der Waals surface area contributed by atoms with E-state index in [1.807, 2.05) is 6.07 Å². The molecule has 0 radical (unpaired) electrons. The molecular formula is C8H7BF3N2S-. The van der Waals surface area contributed by atoms with Crippen molar-refractivity contribution in [2.75, 3.05) is 5.65 Å². The van der Waals surface area contributed by atoms with Crippen molar-refractivity contribution < 1.29 is 12.9 Å². The fourth-order valence-corrected chi connectivity index (χ4v) is 1.86.